The van der Waals surface area contributed by atoms with Crippen molar-refractivity contribution in [2.75, 3.05) is 26.2 Å². The summed E-state index contributed by atoms with van der Waals surface area (Å²) in [5.74, 6) is 1.89. The molecule has 2 aromatic rings. The van der Waals surface area contributed by atoms with E-state index in [9.17, 15) is 9.59 Å². The number of thiophene rings is 1. The lowest BCUT2D eigenvalue weighted by molar-refractivity contribution is -0.145. The molecule has 2 amide bonds. The van der Waals surface area contributed by atoms with Gasteiger partial charge in [0.1, 0.15) is 12.4 Å². The molecule has 0 unspecified atom stereocenters. The van der Waals surface area contributed by atoms with Crippen LogP contribution in [0.3, 0.4) is 0 Å². The number of hydrogen-bond donors (Lipinski definition) is 0. The summed E-state index contributed by atoms with van der Waals surface area (Å²) < 4.78 is 6.22. The number of amides is 2. The predicted octanol–water partition coefficient (Wildman–Crippen LogP) is 6.05. The van der Waals surface area contributed by atoms with Gasteiger partial charge in [0.15, 0.2) is 0 Å². The molecule has 1 saturated carbocycles. The van der Waals surface area contributed by atoms with Crippen molar-refractivity contribution in [3.8, 4) is 5.75 Å². The third-order valence-electron chi connectivity index (χ3n) is 7.30. The van der Waals surface area contributed by atoms with Crippen LogP contribution in [0, 0.1) is 11.8 Å². The Kier molecular flexibility index (Phi) is 8.53. The van der Waals surface area contributed by atoms with Crippen LogP contribution in [0.15, 0.2) is 35.7 Å². The van der Waals surface area contributed by atoms with Gasteiger partial charge in [0.2, 0.25) is 11.8 Å². The van der Waals surface area contributed by atoms with E-state index in [2.05, 4.69) is 51.3 Å². The molecule has 0 spiro atoms. The summed E-state index contributed by atoms with van der Waals surface area (Å²) >= 11 is 1.76. The number of ether oxygens (including phenoxy) is 1. The van der Waals surface area contributed by atoms with Crippen LogP contribution in [0.5, 0.6) is 5.75 Å². The molecule has 2 aliphatic rings. The highest BCUT2D eigenvalue weighted by Gasteiger charge is 2.35. The highest BCUT2D eigenvalue weighted by molar-refractivity contribution is 7.10. The fourth-order valence-corrected chi connectivity index (χ4v) is 6.29. The van der Waals surface area contributed by atoms with Crippen LogP contribution in [-0.2, 0) is 16.0 Å². The first-order valence-electron chi connectivity index (χ1n) is 13.2. The fourth-order valence-electron chi connectivity index (χ4n) is 5.36. The monoisotopic (exact) mass is 496 g/mol. The lowest BCUT2D eigenvalue weighted by atomic mass is 10.00. The summed E-state index contributed by atoms with van der Waals surface area (Å²) in [6.07, 6.45) is 5.00. The molecule has 0 radical (unpaired) electrons. The van der Waals surface area contributed by atoms with Crippen LogP contribution >= 0.6 is 11.3 Å². The van der Waals surface area contributed by atoms with E-state index in [0.29, 0.717) is 31.5 Å². The van der Waals surface area contributed by atoms with E-state index in [4.69, 9.17) is 4.74 Å². The molecular weight excluding hydrogens is 456 g/mol. The van der Waals surface area contributed by atoms with Crippen LogP contribution in [0.2, 0.25) is 0 Å². The highest BCUT2D eigenvalue weighted by Crippen LogP contribution is 2.34. The second-order valence-corrected chi connectivity index (χ2v) is 11.8. The first kappa shape index (κ1) is 25.7. The van der Waals surface area contributed by atoms with Crippen LogP contribution in [-0.4, -0.2) is 47.9 Å². The molecule has 0 bridgehead atoms. The molecular formula is C29H40N2O3S. The van der Waals surface area contributed by atoms with E-state index in [1.165, 1.54) is 16.0 Å². The molecule has 1 aromatic carbocycles. The number of rotatable bonds is 9. The SMILES string of the molecule is CC(C)CN(CC(=O)N1CCc2sccc2[C@H]1COc1ccc(C(C)C)cc1)C(=O)C1CCCC1. The van der Waals surface area contributed by atoms with Crippen molar-refractivity contribution in [2.24, 2.45) is 11.8 Å². The topological polar surface area (TPSA) is 49.9 Å². The van der Waals surface area contributed by atoms with E-state index >= 15 is 0 Å². The Bertz CT molecular complexity index is 992. The first-order chi connectivity index (χ1) is 16.8. The van der Waals surface area contributed by atoms with Gasteiger partial charge in [-0.05, 0) is 65.8 Å². The van der Waals surface area contributed by atoms with Crippen molar-refractivity contribution in [3.05, 3.63) is 51.7 Å². The second-order valence-electron chi connectivity index (χ2n) is 10.8. The van der Waals surface area contributed by atoms with Crippen LogP contribution < -0.4 is 4.74 Å². The highest BCUT2D eigenvalue weighted by atomic mass is 32.1. The van der Waals surface area contributed by atoms with E-state index in [1.807, 2.05) is 21.9 Å². The molecule has 1 fully saturated rings. The van der Waals surface area contributed by atoms with Crippen LogP contribution in [0.25, 0.3) is 0 Å². The maximum atomic E-state index is 13.7. The van der Waals surface area contributed by atoms with Crippen LogP contribution in [0.4, 0.5) is 0 Å². The number of hydrogen-bond acceptors (Lipinski definition) is 4. The Morgan fingerprint density at radius 1 is 1.09 bits per heavy atom. The predicted molar refractivity (Wildman–Crippen MR) is 142 cm³/mol. The van der Waals surface area contributed by atoms with Gasteiger partial charge in [-0.25, -0.2) is 0 Å². The van der Waals surface area contributed by atoms with E-state index in [-0.39, 0.29) is 30.3 Å². The quantitative estimate of drug-likeness (QED) is 0.425. The molecule has 5 nitrogen and oxygen atoms in total. The van der Waals surface area contributed by atoms with Gasteiger partial charge in [-0.1, -0.05) is 52.7 Å². The van der Waals surface area contributed by atoms with Gasteiger partial charge in [-0.15, -0.1) is 11.3 Å². The van der Waals surface area contributed by atoms with Crippen molar-refractivity contribution in [1.82, 2.24) is 9.80 Å². The summed E-state index contributed by atoms with van der Waals surface area (Å²) in [6, 6.07) is 10.2. The molecule has 1 aromatic heterocycles. The third-order valence-corrected chi connectivity index (χ3v) is 8.29. The average Bonchev–Trinajstić information content (AvgIpc) is 3.53. The number of carbonyl (C=O) groups excluding carboxylic acids is 2. The summed E-state index contributed by atoms with van der Waals surface area (Å²) in [5, 5.41) is 2.11. The smallest absolute Gasteiger partial charge is 0.242 e. The van der Waals surface area contributed by atoms with Crippen molar-refractivity contribution in [2.45, 2.75) is 71.8 Å². The lowest BCUT2D eigenvalue weighted by Crippen LogP contribution is -2.49. The minimum absolute atomic E-state index is 0.0256. The molecule has 1 atom stereocenters. The molecule has 35 heavy (non-hydrogen) atoms. The average molecular weight is 497 g/mol. The van der Waals surface area contributed by atoms with E-state index in [0.717, 1.165) is 37.9 Å². The zero-order valence-corrected chi connectivity index (χ0v) is 22.5. The molecule has 0 saturated heterocycles. The molecule has 2 heterocycles. The molecule has 1 aliphatic heterocycles. The van der Waals surface area contributed by atoms with E-state index in [1.54, 1.807) is 11.3 Å². The zero-order chi connectivity index (χ0) is 24.9. The van der Waals surface area contributed by atoms with Gasteiger partial charge in [0, 0.05) is 23.9 Å². The van der Waals surface area contributed by atoms with Crippen molar-refractivity contribution in [3.63, 3.8) is 0 Å². The van der Waals surface area contributed by atoms with Crippen LogP contribution in [0.1, 0.15) is 81.3 Å². The minimum Gasteiger partial charge on any atom is -0.491 e. The lowest BCUT2D eigenvalue weighted by Gasteiger charge is -2.37. The van der Waals surface area contributed by atoms with Gasteiger partial charge in [-0.2, -0.15) is 0 Å². The number of benzene rings is 1. The summed E-state index contributed by atoms with van der Waals surface area (Å²) in [7, 11) is 0. The van der Waals surface area contributed by atoms with Gasteiger partial charge in [0.25, 0.3) is 0 Å². The number of fused-ring (bicyclic) bond motifs is 1. The molecule has 4 rings (SSSR count). The molecule has 6 heteroatoms. The summed E-state index contributed by atoms with van der Waals surface area (Å²) in [4.78, 5) is 32.0. The largest absolute Gasteiger partial charge is 0.491 e. The Hall–Kier alpha value is -2.34. The second kappa shape index (κ2) is 11.6. The third kappa shape index (κ3) is 6.27. The summed E-state index contributed by atoms with van der Waals surface area (Å²) in [5.41, 5.74) is 2.47. The Morgan fingerprint density at radius 3 is 2.46 bits per heavy atom. The Balaban J connectivity index is 1.48. The van der Waals surface area contributed by atoms with E-state index < -0.39 is 0 Å². The van der Waals surface area contributed by atoms with Gasteiger partial charge in [-0.3, -0.25) is 9.59 Å². The standard InChI is InChI=1S/C29H40N2O3S/c1-20(2)17-30(29(33)23-7-5-6-8-23)18-28(32)31-15-13-27-25(14-16-35-27)26(31)19-34-24-11-9-22(10-12-24)21(3)4/h9-12,14,16,20-21,23,26H,5-8,13,15,17-19H2,1-4H3/t26-/m1/s1. The normalized spacial score (nSPS) is 18.2. The maximum Gasteiger partial charge on any atom is 0.242 e. The minimum atomic E-state index is -0.134. The van der Waals surface area contributed by atoms with Crippen molar-refractivity contribution in [1.29, 1.82) is 0 Å². The van der Waals surface area contributed by atoms with Gasteiger partial charge < -0.3 is 14.5 Å². The number of nitrogens with zero attached hydrogens (tertiary/aromatic N) is 2. The summed E-state index contributed by atoms with van der Waals surface area (Å²) in [6.45, 7) is 10.4. The first-order valence-corrected chi connectivity index (χ1v) is 14.1. The molecule has 0 N–H and O–H groups in total. The maximum absolute atomic E-state index is 13.7. The van der Waals surface area contributed by atoms with Gasteiger partial charge in [0.05, 0.1) is 12.6 Å². The van der Waals surface area contributed by atoms with Crippen molar-refractivity contribution >= 4 is 23.2 Å². The Morgan fingerprint density at radius 2 is 1.80 bits per heavy atom. The van der Waals surface area contributed by atoms with Gasteiger partial charge >= 0.3 is 0 Å². The number of carbonyl (C=O) groups is 2. The zero-order valence-electron chi connectivity index (χ0n) is 21.7. The molecule has 190 valence electrons. The molecule has 1 aliphatic carbocycles. The van der Waals surface area contributed by atoms with Crippen molar-refractivity contribution < 1.29 is 14.3 Å². The fraction of sp³-hybridized carbons (Fsp3) is 0.586. The Labute approximate surface area is 214 Å².